The first-order valence-electron chi connectivity index (χ1n) is 5.14. The van der Waals surface area contributed by atoms with Gasteiger partial charge < -0.3 is 26.1 Å². The van der Waals surface area contributed by atoms with Gasteiger partial charge in [-0.25, -0.2) is 4.98 Å². The van der Waals surface area contributed by atoms with Gasteiger partial charge in [0.15, 0.2) is 5.84 Å². The summed E-state index contributed by atoms with van der Waals surface area (Å²) in [6, 6.07) is 5.03. The Bertz CT molecular complexity index is 378. The molecule has 7 heteroatoms. The second-order valence-corrected chi connectivity index (χ2v) is 3.30. The summed E-state index contributed by atoms with van der Waals surface area (Å²) in [5, 5.41) is 29.2. The lowest BCUT2D eigenvalue weighted by atomic mass is 10.3. The molecule has 94 valence electrons. The smallest absolute Gasteiger partial charge is 0.188 e. The van der Waals surface area contributed by atoms with Gasteiger partial charge in [0, 0.05) is 13.1 Å². The van der Waals surface area contributed by atoms with Crippen LogP contribution < -0.4 is 10.6 Å². The number of hydrogen-bond acceptors (Lipinski definition) is 6. The third kappa shape index (κ3) is 3.58. The number of amidine groups is 1. The van der Waals surface area contributed by atoms with Crippen molar-refractivity contribution in [3.05, 3.63) is 23.9 Å². The summed E-state index contributed by atoms with van der Waals surface area (Å²) < 4.78 is 0. The lowest BCUT2D eigenvalue weighted by Crippen LogP contribution is -2.31. The molecule has 0 amide bonds. The van der Waals surface area contributed by atoms with E-state index in [1.807, 2.05) is 0 Å². The molecule has 1 heterocycles. The molecule has 1 aromatic rings. The van der Waals surface area contributed by atoms with Gasteiger partial charge in [0.05, 0.1) is 13.2 Å². The van der Waals surface area contributed by atoms with E-state index in [1.54, 1.807) is 23.1 Å². The summed E-state index contributed by atoms with van der Waals surface area (Å²) >= 11 is 0. The van der Waals surface area contributed by atoms with E-state index < -0.39 is 0 Å². The van der Waals surface area contributed by atoms with Crippen molar-refractivity contribution >= 4 is 11.7 Å². The highest BCUT2D eigenvalue weighted by atomic mass is 16.4. The number of rotatable bonds is 6. The molecule has 0 saturated carbocycles. The van der Waals surface area contributed by atoms with Crippen LogP contribution in [0.3, 0.4) is 0 Å². The number of nitrogens with two attached hydrogens (primary N) is 1. The van der Waals surface area contributed by atoms with Gasteiger partial charge in [-0.2, -0.15) is 0 Å². The zero-order chi connectivity index (χ0) is 12.7. The predicted molar refractivity (Wildman–Crippen MR) is 63.1 cm³/mol. The molecule has 0 aromatic carbocycles. The molecular formula is C10H16N4O3. The highest BCUT2D eigenvalue weighted by Crippen LogP contribution is 2.10. The third-order valence-corrected chi connectivity index (χ3v) is 2.17. The molecule has 0 aliphatic rings. The van der Waals surface area contributed by atoms with Crippen LogP contribution >= 0.6 is 0 Å². The van der Waals surface area contributed by atoms with Gasteiger partial charge in [-0.3, -0.25) is 0 Å². The van der Waals surface area contributed by atoms with E-state index in [-0.39, 0.29) is 19.0 Å². The van der Waals surface area contributed by atoms with Crippen molar-refractivity contribution < 1.29 is 15.4 Å². The maximum Gasteiger partial charge on any atom is 0.188 e. The first-order chi connectivity index (χ1) is 8.22. The Balaban J connectivity index is 2.95. The van der Waals surface area contributed by atoms with Crippen molar-refractivity contribution in [2.75, 3.05) is 31.2 Å². The van der Waals surface area contributed by atoms with Crippen LogP contribution in [0.15, 0.2) is 23.4 Å². The van der Waals surface area contributed by atoms with Crippen molar-refractivity contribution in [3.8, 4) is 0 Å². The van der Waals surface area contributed by atoms with E-state index in [2.05, 4.69) is 10.1 Å². The topological polar surface area (TPSA) is 115 Å². The van der Waals surface area contributed by atoms with Crippen molar-refractivity contribution in [2.45, 2.75) is 0 Å². The monoisotopic (exact) mass is 240 g/mol. The first-order valence-corrected chi connectivity index (χ1v) is 5.14. The molecule has 0 radical (unpaired) electrons. The SMILES string of the molecule is NC(=NO)c1cccc(N(CCO)CCO)n1. The summed E-state index contributed by atoms with van der Waals surface area (Å²) in [5.41, 5.74) is 5.77. The third-order valence-electron chi connectivity index (χ3n) is 2.17. The second-order valence-electron chi connectivity index (χ2n) is 3.30. The van der Waals surface area contributed by atoms with E-state index in [0.29, 0.717) is 24.6 Å². The Morgan fingerprint density at radius 1 is 1.29 bits per heavy atom. The van der Waals surface area contributed by atoms with Crippen LogP contribution in [0.2, 0.25) is 0 Å². The van der Waals surface area contributed by atoms with E-state index >= 15 is 0 Å². The fourth-order valence-electron chi connectivity index (χ4n) is 1.38. The number of hydrogen-bond donors (Lipinski definition) is 4. The Kier molecular flexibility index (Phi) is 5.18. The predicted octanol–water partition coefficient (Wildman–Crippen LogP) is -1.03. The maximum absolute atomic E-state index is 8.91. The molecule has 0 spiro atoms. The fourth-order valence-corrected chi connectivity index (χ4v) is 1.38. The van der Waals surface area contributed by atoms with Crippen LogP contribution in [-0.4, -0.2) is 52.5 Å². The molecule has 7 nitrogen and oxygen atoms in total. The number of aliphatic hydroxyl groups excluding tert-OH is 2. The van der Waals surface area contributed by atoms with Crippen LogP contribution in [0, 0.1) is 0 Å². The normalized spacial score (nSPS) is 11.5. The average molecular weight is 240 g/mol. The number of pyridine rings is 1. The van der Waals surface area contributed by atoms with Gasteiger partial charge in [-0.1, -0.05) is 11.2 Å². The van der Waals surface area contributed by atoms with Gasteiger partial charge >= 0.3 is 0 Å². The molecule has 0 saturated heterocycles. The number of oxime groups is 1. The standard InChI is InChI=1S/C10H16N4O3/c11-10(13-17)8-2-1-3-9(12-8)14(4-6-15)5-7-16/h1-3,15-17H,4-7H2,(H2,11,13). The molecule has 0 unspecified atom stereocenters. The Labute approximate surface area is 98.8 Å². The minimum Gasteiger partial charge on any atom is -0.409 e. The van der Waals surface area contributed by atoms with E-state index in [9.17, 15) is 0 Å². The highest BCUT2D eigenvalue weighted by Gasteiger charge is 2.09. The van der Waals surface area contributed by atoms with Crippen LogP contribution in [-0.2, 0) is 0 Å². The van der Waals surface area contributed by atoms with Crippen LogP contribution in [0.1, 0.15) is 5.69 Å². The molecule has 0 aliphatic carbocycles. The number of aromatic nitrogens is 1. The fraction of sp³-hybridized carbons (Fsp3) is 0.400. The Hall–Kier alpha value is -1.86. The quantitative estimate of drug-likeness (QED) is 0.219. The van der Waals surface area contributed by atoms with E-state index in [4.69, 9.17) is 21.2 Å². The largest absolute Gasteiger partial charge is 0.409 e. The minimum absolute atomic E-state index is 0.0462. The molecule has 0 fully saturated rings. The van der Waals surface area contributed by atoms with Gasteiger partial charge in [-0.15, -0.1) is 0 Å². The Morgan fingerprint density at radius 2 is 1.94 bits per heavy atom. The van der Waals surface area contributed by atoms with Crippen LogP contribution in [0.25, 0.3) is 0 Å². The zero-order valence-corrected chi connectivity index (χ0v) is 9.32. The number of anilines is 1. The molecule has 0 atom stereocenters. The minimum atomic E-state index is -0.0835. The first kappa shape index (κ1) is 13.2. The second kappa shape index (κ2) is 6.66. The van der Waals surface area contributed by atoms with Crippen molar-refractivity contribution in [3.63, 3.8) is 0 Å². The van der Waals surface area contributed by atoms with E-state index in [1.165, 1.54) is 0 Å². The van der Waals surface area contributed by atoms with Crippen LogP contribution in [0.4, 0.5) is 5.82 Å². The molecule has 0 aliphatic heterocycles. The molecule has 1 rings (SSSR count). The summed E-state index contributed by atoms with van der Waals surface area (Å²) in [7, 11) is 0. The lowest BCUT2D eigenvalue weighted by molar-refractivity contribution is 0.280. The van der Waals surface area contributed by atoms with Crippen molar-refractivity contribution in [2.24, 2.45) is 10.9 Å². The zero-order valence-electron chi connectivity index (χ0n) is 9.32. The van der Waals surface area contributed by atoms with Gasteiger partial charge in [0.2, 0.25) is 0 Å². The van der Waals surface area contributed by atoms with Gasteiger partial charge in [0.25, 0.3) is 0 Å². The highest BCUT2D eigenvalue weighted by molar-refractivity contribution is 5.95. The summed E-state index contributed by atoms with van der Waals surface area (Å²) in [5.74, 6) is 0.469. The lowest BCUT2D eigenvalue weighted by Gasteiger charge is -2.21. The number of nitrogens with zero attached hydrogens (tertiary/aromatic N) is 3. The van der Waals surface area contributed by atoms with Crippen molar-refractivity contribution in [1.82, 2.24) is 4.98 Å². The maximum atomic E-state index is 8.91. The summed E-state index contributed by atoms with van der Waals surface area (Å²) in [6.45, 7) is 0.616. The molecule has 17 heavy (non-hydrogen) atoms. The van der Waals surface area contributed by atoms with Gasteiger partial charge in [0.1, 0.15) is 11.5 Å². The molecule has 5 N–H and O–H groups in total. The summed E-state index contributed by atoms with van der Waals surface area (Å²) in [4.78, 5) is 5.87. The Morgan fingerprint density at radius 3 is 2.47 bits per heavy atom. The van der Waals surface area contributed by atoms with E-state index in [0.717, 1.165) is 0 Å². The number of aliphatic hydroxyl groups is 2. The molecule has 1 aromatic heterocycles. The van der Waals surface area contributed by atoms with Gasteiger partial charge in [-0.05, 0) is 12.1 Å². The molecular weight excluding hydrogens is 224 g/mol. The van der Waals surface area contributed by atoms with Crippen molar-refractivity contribution in [1.29, 1.82) is 0 Å². The summed E-state index contributed by atoms with van der Waals surface area (Å²) in [6.07, 6.45) is 0. The average Bonchev–Trinajstić information content (AvgIpc) is 2.37. The molecule has 0 bridgehead atoms. The van der Waals surface area contributed by atoms with Crippen LogP contribution in [0.5, 0.6) is 0 Å².